The summed E-state index contributed by atoms with van der Waals surface area (Å²) in [7, 11) is 4.41. The zero-order chi connectivity index (χ0) is 20.2. The molecule has 4 rings (SSSR count). The summed E-state index contributed by atoms with van der Waals surface area (Å²) in [5, 5.41) is 3.90. The van der Waals surface area contributed by atoms with Gasteiger partial charge < -0.3 is 9.42 Å². The van der Waals surface area contributed by atoms with E-state index in [1.54, 1.807) is 0 Å². The van der Waals surface area contributed by atoms with E-state index in [-0.39, 0.29) is 5.92 Å². The average molecular weight is 390 g/mol. The third-order valence-corrected chi connectivity index (χ3v) is 6.48. The van der Waals surface area contributed by atoms with Crippen LogP contribution in [0.1, 0.15) is 60.2 Å². The number of hydrogen-bond acceptors (Lipinski definition) is 4. The maximum Gasteiger partial charge on any atom is 0.234 e. The molecule has 1 aliphatic rings. The van der Waals surface area contributed by atoms with Crippen LogP contribution in [0.2, 0.25) is 0 Å². The average Bonchev–Trinajstić information content (AvgIpc) is 3.24. The minimum atomic E-state index is 0.188. The Kier molecular flexibility index (Phi) is 6.10. The van der Waals surface area contributed by atoms with Gasteiger partial charge in [-0.2, -0.15) is 4.98 Å². The van der Waals surface area contributed by atoms with Crippen molar-refractivity contribution in [3.8, 4) is 0 Å². The molecule has 1 fully saturated rings. The van der Waals surface area contributed by atoms with Gasteiger partial charge in [-0.15, -0.1) is 0 Å². The molecule has 3 aromatic rings. The minimum absolute atomic E-state index is 0.188. The predicted octanol–water partition coefficient (Wildman–Crippen LogP) is 5.62. The fourth-order valence-electron chi connectivity index (χ4n) is 5.23. The van der Waals surface area contributed by atoms with Gasteiger partial charge in [0, 0.05) is 6.04 Å². The van der Waals surface area contributed by atoms with Crippen LogP contribution in [-0.2, 0) is 0 Å². The number of aromatic nitrogens is 2. The first-order valence-corrected chi connectivity index (χ1v) is 10.7. The molecule has 4 heteroatoms. The quantitative estimate of drug-likeness (QED) is 0.549. The molecule has 1 saturated carbocycles. The van der Waals surface area contributed by atoms with E-state index < -0.39 is 0 Å². The monoisotopic (exact) mass is 389 g/mol. The third kappa shape index (κ3) is 4.43. The number of benzene rings is 2. The summed E-state index contributed by atoms with van der Waals surface area (Å²) in [4.78, 5) is 6.83. The lowest BCUT2D eigenvalue weighted by Crippen LogP contribution is -2.31. The molecule has 1 aromatic heterocycles. The van der Waals surface area contributed by atoms with Gasteiger partial charge in [-0.1, -0.05) is 65.3 Å². The molecule has 2 aromatic carbocycles. The van der Waals surface area contributed by atoms with Crippen molar-refractivity contribution in [3.63, 3.8) is 0 Å². The van der Waals surface area contributed by atoms with Crippen molar-refractivity contribution in [3.05, 3.63) is 83.5 Å². The van der Waals surface area contributed by atoms with Gasteiger partial charge >= 0.3 is 0 Å². The van der Waals surface area contributed by atoms with Crippen LogP contribution in [0.3, 0.4) is 0 Å². The molecule has 2 atom stereocenters. The first kappa shape index (κ1) is 19.8. The summed E-state index contributed by atoms with van der Waals surface area (Å²) in [5.41, 5.74) is 4.00. The van der Waals surface area contributed by atoms with Crippen LogP contribution in [0.25, 0.3) is 0 Å². The van der Waals surface area contributed by atoms with Crippen LogP contribution in [0.5, 0.6) is 0 Å². The second-order valence-electron chi connectivity index (χ2n) is 8.67. The van der Waals surface area contributed by atoms with Gasteiger partial charge in [-0.05, 0) is 69.7 Å². The molecule has 0 radical (unpaired) electrons. The first-order valence-electron chi connectivity index (χ1n) is 10.7. The number of nitrogens with zero attached hydrogens (tertiary/aromatic N) is 3. The summed E-state index contributed by atoms with van der Waals surface area (Å²) in [6, 6.07) is 20.2. The third-order valence-electron chi connectivity index (χ3n) is 6.48. The van der Waals surface area contributed by atoms with Crippen molar-refractivity contribution < 1.29 is 4.52 Å². The number of rotatable bonds is 6. The van der Waals surface area contributed by atoms with E-state index >= 15 is 0 Å². The van der Waals surface area contributed by atoms with Gasteiger partial charge in [-0.25, -0.2) is 0 Å². The molecule has 4 nitrogen and oxygen atoms in total. The van der Waals surface area contributed by atoms with Crippen molar-refractivity contribution in [2.24, 2.45) is 11.8 Å². The Bertz CT molecular complexity index is 883. The smallest absolute Gasteiger partial charge is 0.234 e. The van der Waals surface area contributed by atoms with Crippen molar-refractivity contribution in [1.29, 1.82) is 0 Å². The Morgan fingerprint density at radius 2 is 1.59 bits per heavy atom. The number of hydrogen-bond donors (Lipinski definition) is 0. The summed E-state index contributed by atoms with van der Waals surface area (Å²) in [6.45, 7) is 2.15. The van der Waals surface area contributed by atoms with Crippen LogP contribution in [0, 0.1) is 18.8 Å². The lowest BCUT2D eigenvalue weighted by molar-refractivity contribution is 0.139. The zero-order valence-corrected chi connectivity index (χ0v) is 17.7. The largest absolute Gasteiger partial charge is 0.339 e. The van der Waals surface area contributed by atoms with E-state index in [0.29, 0.717) is 17.9 Å². The van der Waals surface area contributed by atoms with Crippen LogP contribution in [0.4, 0.5) is 0 Å². The molecule has 0 bridgehead atoms. The molecule has 0 N–H and O–H groups in total. The number of aryl methyl sites for hydroxylation is 1. The lowest BCUT2D eigenvalue weighted by atomic mass is 9.70. The summed E-state index contributed by atoms with van der Waals surface area (Å²) < 4.78 is 5.56. The fraction of sp³-hybridized carbons (Fsp3) is 0.440. The van der Waals surface area contributed by atoms with E-state index in [1.165, 1.54) is 48.7 Å². The summed E-state index contributed by atoms with van der Waals surface area (Å²) in [6.07, 6.45) is 6.34. The minimum Gasteiger partial charge on any atom is -0.339 e. The zero-order valence-electron chi connectivity index (χ0n) is 17.7. The molecular weight excluding hydrogens is 358 g/mol. The topological polar surface area (TPSA) is 42.2 Å². The van der Waals surface area contributed by atoms with Gasteiger partial charge in [0.05, 0.1) is 5.92 Å². The van der Waals surface area contributed by atoms with Crippen molar-refractivity contribution in [2.45, 2.75) is 44.6 Å². The van der Waals surface area contributed by atoms with Gasteiger partial charge in [0.2, 0.25) is 5.89 Å². The highest BCUT2D eigenvalue weighted by Gasteiger charge is 2.36. The molecule has 152 valence electrons. The predicted molar refractivity (Wildman–Crippen MR) is 116 cm³/mol. The Hall–Kier alpha value is -2.46. The fourth-order valence-corrected chi connectivity index (χ4v) is 5.23. The first-order chi connectivity index (χ1) is 14.1. The molecular formula is C25H31N3O. The standard InChI is InChI=1S/C25H31N3O/c1-18-8-7-11-22(16-18)23(25-26-17-27-29-25)19-12-14-21(15-13-19)24(28(2)3)20-9-5-4-6-10-20/h4-11,16-17,19,21,23-24H,12-15H2,1-3H3. The second kappa shape index (κ2) is 8.91. The van der Waals surface area contributed by atoms with E-state index in [0.717, 1.165) is 5.89 Å². The molecule has 1 heterocycles. The lowest BCUT2D eigenvalue weighted by Gasteiger charge is -2.39. The Morgan fingerprint density at radius 1 is 0.897 bits per heavy atom. The normalized spacial score (nSPS) is 21.8. The van der Waals surface area contributed by atoms with Crippen molar-refractivity contribution in [1.82, 2.24) is 15.0 Å². The summed E-state index contributed by atoms with van der Waals surface area (Å²) >= 11 is 0. The van der Waals surface area contributed by atoms with Crippen LogP contribution >= 0.6 is 0 Å². The highest BCUT2D eigenvalue weighted by Crippen LogP contribution is 2.45. The van der Waals surface area contributed by atoms with Gasteiger partial charge in [0.15, 0.2) is 6.33 Å². The van der Waals surface area contributed by atoms with Crippen LogP contribution < -0.4 is 0 Å². The van der Waals surface area contributed by atoms with E-state index in [9.17, 15) is 0 Å². The molecule has 1 aliphatic carbocycles. The highest BCUT2D eigenvalue weighted by atomic mass is 16.5. The SMILES string of the molecule is Cc1cccc(C(c2ncno2)C2CCC(C(c3ccccc3)N(C)C)CC2)c1. The van der Waals surface area contributed by atoms with Gasteiger partial charge in [0.25, 0.3) is 0 Å². The van der Waals surface area contributed by atoms with Crippen molar-refractivity contribution >= 4 is 0 Å². The molecule has 29 heavy (non-hydrogen) atoms. The van der Waals surface area contributed by atoms with E-state index in [4.69, 9.17) is 4.52 Å². The molecule has 0 saturated heterocycles. The highest BCUT2D eigenvalue weighted by molar-refractivity contribution is 5.30. The molecule has 0 aliphatic heterocycles. The molecule has 0 amide bonds. The van der Waals surface area contributed by atoms with Gasteiger partial charge in [0.1, 0.15) is 0 Å². The van der Waals surface area contributed by atoms with Gasteiger partial charge in [-0.3, -0.25) is 0 Å². The van der Waals surface area contributed by atoms with Crippen molar-refractivity contribution in [2.75, 3.05) is 14.1 Å². The Labute approximate surface area is 173 Å². The molecule has 2 unspecified atom stereocenters. The van der Waals surface area contributed by atoms with E-state index in [1.807, 2.05) is 0 Å². The van der Waals surface area contributed by atoms with Crippen LogP contribution in [-0.4, -0.2) is 29.1 Å². The summed E-state index contributed by atoms with van der Waals surface area (Å²) in [5.74, 6) is 2.15. The Morgan fingerprint density at radius 3 is 2.21 bits per heavy atom. The maximum absolute atomic E-state index is 5.56. The Balaban J connectivity index is 1.54. The maximum atomic E-state index is 5.56. The second-order valence-corrected chi connectivity index (χ2v) is 8.67. The molecule has 0 spiro atoms. The van der Waals surface area contributed by atoms with Crippen LogP contribution in [0.15, 0.2) is 65.4 Å². The van der Waals surface area contributed by atoms with E-state index in [2.05, 4.69) is 90.7 Å².